The van der Waals surface area contributed by atoms with E-state index in [1.165, 1.54) is 27.2 Å². The summed E-state index contributed by atoms with van der Waals surface area (Å²) in [5.74, 6) is -0.151. The van der Waals surface area contributed by atoms with E-state index < -0.39 is 21.2 Å². The van der Waals surface area contributed by atoms with Crippen molar-refractivity contribution in [1.82, 2.24) is 9.80 Å². The molecule has 4 aliphatic rings. The molecule has 2 bridgehead atoms. The number of likely N-dealkylation sites (N-methyl/N-ethyl adjacent to an activating group) is 1. The molecule has 26 heavy (non-hydrogen) atoms. The Morgan fingerprint density at radius 2 is 1.85 bits per heavy atom. The number of nitriles is 1. The molecule has 4 fully saturated rings. The average Bonchev–Trinajstić information content (AvgIpc) is 2.89. The van der Waals surface area contributed by atoms with Crippen LogP contribution in [0.3, 0.4) is 0 Å². The Morgan fingerprint density at radius 3 is 2.46 bits per heavy atom. The molecule has 0 aromatic heterocycles. The third-order valence-electron chi connectivity index (χ3n) is 6.20. The molecule has 1 spiro atoms. The summed E-state index contributed by atoms with van der Waals surface area (Å²) in [5.41, 5.74) is 2.39. The van der Waals surface area contributed by atoms with E-state index in [0.717, 1.165) is 11.1 Å². The SMILES string of the molecule is Cc1ccc([C@@H]2N3C(=O)[C@@]4(C)SS[C@@]3(C[C@]2(C)C#N)C(=O)N4C)cc1C. The van der Waals surface area contributed by atoms with Crippen LogP contribution in [0.25, 0.3) is 0 Å². The Balaban J connectivity index is 1.95. The van der Waals surface area contributed by atoms with E-state index >= 15 is 0 Å². The molecule has 4 saturated heterocycles. The number of nitrogens with zero attached hydrogens (tertiary/aromatic N) is 3. The lowest BCUT2D eigenvalue weighted by atomic mass is 9.79. The van der Waals surface area contributed by atoms with Crippen molar-refractivity contribution in [2.24, 2.45) is 5.41 Å². The van der Waals surface area contributed by atoms with Gasteiger partial charge in [0.1, 0.15) is 0 Å². The molecule has 0 unspecified atom stereocenters. The molecule has 0 aliphatic carbocycles. The van der Waals surface area contributed by atoms with Crippen LogP contribution in [0.15, 0.2) is 18.2 Å². The van der Waals surface area contributed by atoms with Crippen molar-refractivity contribution in [2.45, 2.75) is 49.9 Å². The van der Waals surface area contributed by atoms with Crippen LogP contribution in [0.1, 0.15) is 43.0 Å². The van der Waals surface area contributed by atoms with Crippen LogP contribution in [0.4, 0.5) is 0 Å². The molecule has 0 N–H and O–H groups in total. The molecule has 5 nitrogen and oxygen atoms in total. The van der Waals surface area contributed by atoms with Crippen molar-refractivity contribution in [1.29, 1.82) is 5.26 Å². The molecule has 1 aromatic carbocycles. The Kier molecular flexibility index (Phi) is 3.55. The summed E-state index contributed by atoms with van der Waals surface area (Å²) in [4.78, 5) is 28.1. The summed E-state index contributed by atoms with van der Waals surface area (Å²) in [6, 6.07) is 8.08. The van der Waals surface area contributed by atoms with Crippen LogP contribution in [0.5, 0.6) is 0 Å². The molecule has 136 valence electrons. The second-order valence-electron chi connectivity index (χ2n) is 7.93. The lowest BCUT2D eigenvalue weighted by Gasteiger charge is -2.57. The van der Waals surface area contributed by atoms with Gasteiger partial charge in [0.2, 0.25) is 0 Å². The van der Waals surface area contributed by atoms with Crippen molar-refractivity contribution >= 4 is 33.4 Å². The van der Waals surface area contributed by atoms with Crippen LogP contribution in [0.2, 0.25) is 0 Å². The van der Waals surface area contributed by atoms with Gasteiger partial charge in [-0.25, -0.2) is 0 Å². The van der Waals surface area contributed by atoms with E-state index in [1.54, 1.807) is 23.8 Å². The van der Waals surface area contributed by atoms with Crippen molar-refractivity contribution in [2.75, 3.05) is 7.05 Å². The first-order valence-corrected chi connectivity index (χ1v) is 10.7. The van der Waals surface area contributed by atoms with Gasteiger partial charge in [0.05, 0.1) is 17.5 Å². The van der Waals surface area contributed by atoms with Crippen LogP contribution >= 0.6 is 21.6 Å². The van der Waals surface area contributed by atoms with E-state index in [1.807, 2.05) is 32.9 Å². The van der Waals surface area contributed by atoms with Crippen molar-refractivity contribution in [3.05, 3.63) is 34.9 Å². The molecule has 4 atom stereocenters. The Morgan fingerprint density at radius 1 is 1.15 bits per heavy atom. The molecule has 2 amide bonds. The highest BCUT2D eigenvalue weighted by Crippen LogP contribution is 2.69. The first-order valence-electron chi connectivity index (χ1n) is 8.58. The number of hydrogen-bond acceptors (Lipinski definition) is 5. The molecule has 7 heteroatoms. The van der Waals surface area contributed by atoms with Crippen molar-refractivity contribution < 1.29 is 9.59 Å². The van der Waals surface area contributed by atoms with Crippen LogP contribution in [0, 0.1) is 30.6 Å². The lowest BCUT2D eigenvalue weighted by molar-refractivity contribution is -0.164. The number of carbonyl (C=O) groups is 2. The van der Waals surface area contributed by atoms with Gasteiger partial charge in [-0.05, 0) is 44.4 Å². The number of rotatable bonds is 1. The molecule has 1 aromatic rings. The number of fused-ring (bicyclic) bond motifs is 2. The van der Waals surface area contributed by atoms with Crippen molar-refractivity contribution in [3.8, 4) is 6.07 Å². The molecule has 0 radical (unpaired) electrons. The molecular weight excluding hydrogens is 366 g/mol. The summed E-state index contributed by atoms with van der Waals surface area (Å²) < 4.78 is 0. The number of piperazine rings is 1. The van der Waals surface area contributed by atoms with Crippen LogP contribution in [-0.2, 0) is 9.59 Å². The van der Waals surface area contributed by atoms with E-state index in [9.17, 15) is 14.9 Å². The summed E-state index contributed by atoms with van der Waals surface area (Å²) in [5, 5.41) is 10.0. The van der Waals surface area contributed by atoms with Gasteiger partial charge in [-0.1, -0.05) is 39.8 Å². The third-order valence-corrected chi connectivity index (χ3v) is 9.89. The van der Waals surface area contributed by atoms with Gasteiger partial charge >= 0.3 is 0 Å². The summed E-state index contributed by atoms with van der Waals surface area (Å²) >= 11 is 0. The molecule has 4 heterocycles. The second-order valence-corrected chi connectivity index (χ2v) is 10.7. The highest BCUT2D eigenvalue weighted by atomic mass is 33.1. The molecule has 4 aliphatic heterocycles. The minimum atomic E-state index is -0.998. The van der Waals surface area contributed by atoms with Gasteiger partial charge in [-0.2, -0.15) is 5.26 Å². The Bertz CT molecular complexity index is 897. The van der Waals surface area contributed by atoms with Gasteiger partial charge in [0.25, 0.3) is 11.8 Å². The monoisotopic (exact) mass is 387 g/mol. The van der Waals surface area contributed by atoms with Gasteiger partial charge in [0, 0.05) is 13.5 Å². The first kappa shape index (κ1) is 17.7. The zero-order valence-corrected chi connectivity index (χ0v) is 17.1. The Hall–Kier alpha value is -1.65. The maximum Gasteiger partial charge on any atom is 0.261 e. The summed E-state index contributed by atoms with van der Waals surface area (Å²) in [7, 11) is 4.58. The van der Waals surface area contributed by atoms with E-state index in [4.69, 9.17) is 0 Å². The first-order chi connectivity index (χ1) is 12.1. The van der Waals surface area contributed by atoms with Gasteiger partial charge in [-0.3, -0.25) is 9.59 Å². The molecule has 0 saturated carbocycles. The fraction of sp³-hybridized carbons (Fsp3) is 0.526. The number of aryl methyl sites for hydroxylation is 2. The van der Waals surface area contributed by atoms with E-state index in [2.05, 4.69) is 12.1 Å². The fourth-order valence-corrected chi connectivity index (χ4v) is 7.94. The van der Waals surface area contributed by atoms with Gasteiger partial charge in [0.15, 0.2) is 9.74 Å². The third kappa shape index (κ3) is 1.89. The van der Waals surface area contributed by atoms with Crippen LogP contribution < -0.4 is 0 Å². The number of amides is 2. The highest BCUT2D eigenvalue weighted by molar-refractivity contribution is 8.78. The zero-order valence-electron chi connectivity index (χ0n) is 15.5. The molecule has 5 rings (SSSR count). The zero-order chi connectivity index (χ0) is 19.1. The molecular formula is C19H21N3O2S2. The predicted octanol–water partition coefficient (Wildman–Crippen LogP) is 3.39. The smallest absolute Gasteiger partial charge is 0.261 e. The lowest BCUT2D eigenvalue weighted by Crippen LogP contribution is -2.73. The minimum Gasteiger partial charge on any atom is -0.319 e. The maximum atomic E-state index is 13.5. The maximum absolute atomic E-state index is 13.5. The predicted molar refractivity (Wildman–Crippen MR) is 103 cm³/mol. The Labute approximate surface area is 161 Å². The van der Waals surface area contributed by atoms with Gasteiger partial charge in [-0.15, -0.1) is 0 Å². The highest BCUT2D eigenvalue weighted by Gasteiger charge is 2.74. The largest absolute Gasteiger partial charge is 0.319 e. The van der Waals surface area contributed by atoms with Crippen LogP contribution in [-0.4, -0.2) is 38.4 Å². The number of hydrogen-bond donors (Lipinski definition) is 0. The minimum absolute atomic E-state index is 0.0730. The van der Waals surface area contributed by atoms with Crippen molar-refractivity contribution in [3.63, 3.8) is 0 Å². The average molecular weight is 388 g/mol. The van der Waals surface area contributed by atoms with E-state index in [-0.39, 0.29) is 11.8 Å². The standard InChI is InChI=1S/C19H21N3O2S2/c1-11-6-7-13(8-12(11)2)14-17(3,10-20)9-19-16(24)21(5)18(4,25-26-19)15(23)22(14)19/h6-8,14H,9H2,1-5H3/t14-,17+,18+,19-/m0/s1. The van der Waals surface area contributed by atoms with Gasteiger partial charge < -0.3 is 9.80 Å². The topological polar surface area (TPSA) is 64.4 Å². The fourth-order valence-electron chi connectivity index (χ4n) is 4.35. The number of carbonyl (C=O) groups excluding carboxylic acids is 2. The summed E-state index contributed by atoms with van der Waals surface area (Å²) in [6.07, 6.45) is 0.344. The number of benzene rings is 1. The quantitative estimate of drug-likeness (QED) is 0.691. The van der Waals surface area contributed by atoms with E-state index in [0.29, 0.717) is 6.42 Å². The normalized spacial score (nSPS) is 38.5. The second kappa shape index (κ2) is 5.20. The summed E-state index contributed by atoms with van der Waals surface area (Å²) in [6.45, 7) is 7.75.